The van der Waals surface area contributed by atoms with Crippen LogP contribution in [0.15, 0.2) is 24.3 Å². The van der Waals surface area contributed by atoms with Gasteiger partial charge >= 0.3 is 0 Å². The van der Waals surface area contributed by atoms with Gasteiger partial charge in [0.1, 0.15) is 0 Å². The Bertz CT molecular complexity index is 920. The van der Waals surface area contributed by atoms with Gasteiger partial charge in [-0.1, -0.05) is 6.07 Å². The third kappa shape index (κ3) is 3.51. The minimum atomic E-state index is -0.219. The molecule has 28 heavy (non-hydrogen) atoms. The van der Waals surface area contributed by atoms with Gasteiger partial charge in [-0.15, -0.1) is 0 Å². The standard InChI is InChI=1S/C23H29N3O2/c1-15-12-21(22(27)14-25-10-8-18(9-11-25)23(24)28)16(2)26(15)20-7-6-17-4-3-5-19(17)13-20/h6-7,12-13,18H,3-5,8-11,14H2,1-2H3,(H2,24,28). The van der Waals surface area contributed by atoms with E-state index in [1.807, 2.05) is 13.0 Å². The molecule has 1 fully saturated rings. The lowest BCUT2D eigenvalue weighted by Gasteiger charge is -2.29. The number of nitrogens with two attached hydrogens (primary N) is 1. The van der Waals surface area contributed by atoms with Gasteiger partial charge < -0.3 is 10.3 Å². The van der Waals surface area contributed by atoms with Crippen LogP contribution in [-0.2, 0) is 17.6 Å². The van der Waals surface area contributed by atoms with Crippen LogP contribution in [0.4, 0.5) is 0 Å². The van der Waals surface area contributed by atoms with E-state index in [2.05, 4.69) is 34.6 Å². The summed E-state index contributed by atoms with van der Waals surface area (Å²) in [6.07, 6.45) is 5.05. The second-order valence-corrected chi connectivity index (χ2v) is 8.30. The highest BCUT2D eigenvalue weighted by Crippen LogP contribution is 2.28. The Morgan fingerprint density at radius 3 is 2.50 bits per heavy atom. The molecule has 2 heterocycles. The van der Waals surface area contributed by atoms with Crippen molar-refractivity contribution in [3.05, 3.63) is 52.3 Å². The quantitative estimate of drug-likeness (QED) is 0.812. The highest BCUT2D eigenvalue weighted by Gasteiger charge is 2.26. The second-order valence-electron chi connectivity index (χ2n) is 8.30. The van der Waals surface area contributed by atoms with Gasteiger partial charge in [-0.25, -0.2) is 0 Å². The number of carbonyl (C=O) groups is 2. The molecule has 5 heteroatoms. The molecular weight excluding hydrogens is 350 g/mol. The number of piperidine rings is 1. The third-order valence-corrected chi connectivity index (χ3v) is 6.43. The van der Waals surface area contributed by atoms with Crippen molar-refractivity contribution in [3.8, 4) is 5.69 Å². The highest BCUT2D eigenvalue weighted by molar-refractivity contribution is 5.99. The summed E-state index contributed by atoms with van der Waals surface area (Å²) in [4.78, 5) is 26.5. The predicted molar refractivity (Wildman–Crippen MR) is 110 cm³/mol. The number of aromatic nitrogens is 1. The smallest absolute Gasteiger partial charge is 0.220 e. The molecule has 5 nitrogen and oxygen atoms in total. The number of Topliss-reactive ketones (excluding diaryl/α,β-unsaturated/α-hetero) is 1. The first-order valence-electron chi connectivity index (χ1n) is 10.3. The van der Waals surface area contributed by atoms with Crippen molar-refractivity contribution in [3.63, 3.8) is 0 Å². The molecule has 1 amide bonds. The molecule has 148 valence electrons. The Morgan fingerprint density at radius 2 is 1.79 bits per heavy atom. The van der Waals surface area contributed by atoms with E-state index < -0.39 is 0 Å². The Labute approximate surface area is 166 Å². The molecule has 1 aliphatic heterocycles. The average molecular weight is 380 g/mol. The zero-order valence-corrected chi connectivity index (χ0v) is 16.8. The van der Waals surface area contributed by atoms with Crippen molar-refractivity contribution in [2.45, 2.75) is 46.0 Å². The number of primary amides is 1. The summed E-state index contributed by atoms with van der Waals surface area (Å²) >= 11 is 0. The van der Waals surface area contributed by atoms with Gasteiger partial charge in [-0.3, -0.25) is 14.5 Å². The van der Waals surface area contributed by atoms with Crippen LogP contribution >= 0.6 is 0 Å². The maximum Gasteiger partial charge on any atom is 0.220 e. The Kier molecular flexibility index (Phi) is 5.11. The van der Waals surface area contributed by atoms with E-state index in [4.69, 9.17) is 5.73 Å². The van der Waals surface area contributed by atoms with Crippen molar-refractivity contribution in [2.75, 3.05) is 19.6 Å². The SMILES string of the molecule is Cc1cc(C(=O)CN2CCC(C(N)=O)CC2)c(C)n1-c1ccc2c(c1)CCC2. The first kappa shape index (κ1) is 18.9. The lowest BCUT2D eigenvalue weighted by molar-refractivity contribution is -0.123. The zero-order chi connectivity index (χ0) is 19.8. The summed E-state index contributed by atoms with van der Waals surface area (Å²) in [5, 5.41) is 0. The van der Waals surface area contributed by atoms with Gasteiger partial charge in [0.15, 0.2) is 5.78 Å². The molecular formula is C23H29N3O2. The molecule has 0 atom stereocenters. The zero-order valence-electron chi connectivity index (χ0n) is 16.8. The molecule has 2 aromatic rings. The van der Waals surface area contributed by atoms with E-state index in [0.717, 1.165) is 55.0 Å². The van der Waals surface area contributed by atoms with Crippen LogP contribution in [0.3, 0.4) is 0 Å². The number of ketones is 1. The third-order valence-electron chi connectivity index (χ3n) is 6.43. The minimum absolute atomic E-state index is 0.0452. The van der Waals surface area contributed by atoms with Crippen molar-refractivity contribution in [1.29, 1.82) is 0 Å². The maximum absolute atomic E-state index is 13.0. The van der Waals surface area contributed by atoms with E-state index in [1.54, 1.807) is 0 Å². The van der Waals surface area contributed by atoms with Gasteiger partial charge in [-0.2, -0.15) is 0 Å². The van der Waals surface area contributed by atoms with Crippen molar-refractivity contribution in [1.82, 2.24) is 9.47 Å². The van der Waals surface area contributed by atoms with Crippen LogP contribution in [0.2, 0.25) is 0 Å². The van der Waals surface area contributed by atoms with Crippen LogP contribution in [0.1, 0.15) is 52.1 Å². The molecule has 1 aliphatic carbocycles. The molecule has 0 spiro atoms. The number of hydrogen-bond acceptors (Lipinski definition) is 3. The van der Waals surface area contributed by atoms with E-state index in [-0.39, 0.29) is 17.6 Å². The summed E-state index contributed by atoms with van der Waals surface area (Å²) in [7, 11) is 0. The van der Waals surface area contributed by atoms with Crippen LogP contribution in [0.5, 0.6) is 0 Å². The first-order chi connectivity index (χ1) is 13.4. The van der Waals surface area contributed by atoms with Crippen molar-refractivity contribution in [2.24, 2.45) is 11.7 Å². The van der Waals surface area contributed by atoms with Gasteiger partial charge in [0.25, 0.3) is 0 Å². The number of aryl methyl sites for hydroxylation is 3. The Balaban J connectivity index is 1.51. The maximum atomic E-state index is 13.0. The fraction of sp³-hybridized carbons (Fsp3) is 0.478. The summed E-state index contributed by atoms with van der Waals surface area (Å²) < 4.78 is 2.20. The topological polar surface area (TPSA) is 68.3 Å². The molecule has 0 saturated carbocycles. The number of fused-ring (bicyclic) bond motifs is 1. The number of carbonyl (C=O) groups excluding carboxylic acids is 2. The molecule has 1 aromatic carbocycles. The minimum Gasteiger partial charge on any atom is -0.369 e. The summed E-state index contributed by atoms with van der Waals surface area (Å²) in [6, 6.07) is 8.71. The normalized spacial score (nSPS) is 17.6. The number of nitrogens with zero attached hydrogens (tertiary/aromatic N) is 2. The average Bonchev–Trinajstić information content (AvgIpc) is 3.25. The number of rotatable bonds is 5. The number of benzene rings is 1. The lowest BCUT2D eigenvalue weighted by atomic mass is 9.96. The van der Waals surface area contributed by atoms with Gasteiger partial charge in [-0.05, 0) is 88.4 Å². The van der Waals surface area contributed by atoms with E-state index >= 15 is 0 Å². The van der Waals surface area contributed by atoms with Crippen molar-refractivity contribution < 1.29 is 9.59 Å². The predicted octanol–water partition coefficient (Wildman–Crippen LogP) is 2.96. The lowest BCUT2D eigenvalue weighted by Crippen LogP contribution is -2.40. The molecule has 0 unspecified atom stereocenters. The summed E-state index contributed by atoms with van der Waals surface area (Å²) in [5.74, 6) is -0.113. The Morgan fingerprint density at radius 1 is 1.07 bits per heavy atom. The van der Waals surface area contributed by atoms with Gasteiger partial charge in [0.2, 0.25) is 5.91 Å². The van der Waals surface area contributed by atoms with E-state index in [1.165, 1.54) is 24.0 Å². The van der Waals surface area contributed by atoms with Crippen LogP contribution in [-0.4, -0.2) is 40.8 Å². The monoisotopic (exact) mass is 379 g/mol. The molecule has 2 aliphatic rings. The first-order valence-corrected chi connectivity index (χ1v) is 10.3. The largest absolute Gasteiger partial charge is 0.369 e. The van der Waals surface area contributed by atoms with E-state index in [9.17, 15) is 9.59 Å². The second kappa shape index (κ2) is 7.55. The summed E-state index contributed by atoms with van der Waals surface area (Å²) in [6.45, 7) is 6.01. The molecule has 4 rings (SSSR count). The van der Waals surface area contributed by atoms with Crippen LogP contribution in [0, 0.1) is 19.8 Å². The van der Waals surface area contributed by atoms with E-state index in [0.29, 0.717) is 6.54 Å². The number of amides is 1. The molecule has 2 N–H and O–H groups in total. The fourth-order valence-corrected chi connectivity index (χ4v) is 4.80. The van der Waals surface area contributed by atoms with Gasteiger partial charge in [0.05, 0.1) is 6.54 Å². The Hall–Kier alpha value is -2.40. The summed E-state index contributed by atoms with van der Waals surface area (Å²) in [5.41, 5.74) is 12.4. The fourth-order valence-electron chi connectivity index (χ4n) is 4.80. The number of likely N-dealkylation sites (tertiary alicyclic amines) is 1. The molecule has 1 aromatic heterocycles. The highest BCUT2D eigenvalue weighted by atomic mass is 16.1. The van der Waals surface area contributed by atoms with Crippen molar-refractivity contribution >= 4 is 11.7 Å². The van der Waals surface area contributed by atoms with Gasteiger partial charge in [0, 0.05) is 28.6 Å². The molecule has 1 saturated heterocycles. The number of hydrogen-bond donors (Lipinski definition) is 1. The van der Waals surface area contributed by atoms with Crippen LogP contribution in [0.25, 0.3) is 5.69 Å². The van der Waals surface area contributed by atoms with Crippen LogP contribution < -0.4 is 5.73 Å². The molecule has 0 radical (unpaired) electrons. The molecule has 0 bridgehead atoms.